The van der Waals surface area contributed by atoms with Crippen LogP contribution in [0.1, 0.15) is 0 Å². The zero-order valence-corrected chi connectivity index (χ0v) is 7.97. The smallest absolute Gasteiger partial charge is 0.148 e. The van der Waals surface area contributed by atoms with Gasteiger partial charge in [-0.25, -0.2) is 0 Å². The van der Waals surface area contributed by atoms with Crippen molar-refractivity contribution < 1.29 is 4.74 Å². The van der Waals surface area contributed by atoms with Gasteiger partial charge in [0, 0.05) is 5.69 Å². The summed E-state index contributed by atoms with van der Waals surface area (Å²) in [6.45, 7) is 0.252. The second-order valence-electron chi connectivity index (χ2n) is 2.15. The standard InChI is InChI=1S/C9H8BrNO/c1-2-6-12-8-5-3-4-7(11)9(8)10/h1,3-5H,6,11H2. The van der Waals surface area contributed by atoms with E-state index in [2.05, 4.69) is 21.9 Å². The van der Waals surface area contributed by atoms with Gasteiger partial charge in [0.2, 0.25) is 0 Å². The molecule has 2 N–H and O–H groups in total. The van der Waals surface area contributed by atoms with Crippen LogP contribution in [0.3, 0.4) is 0 Å². The highest BCUT2D eigenvalue weighted by Gasteiger charge is 2.01. The van der Waals surface area contributed by atoms with Crippen LogP contribution in [-0.4, -0.2) is 6.61 Å². The number of halogens is 1. The summed E-state index contributed by atoms with van der Waals surface area (Å²) in [5.74, 6) is 3.05. The largest absolute Gasteiger partial charge is 0.480 e. The lowest BCUT2D eigenvalue weighted by atomic mass is 10.3. The van der Waals surface area contributed by atoms with E-state index < -0.39 is 0 Å². The summed E-state index contributed by atoms with van der Waals surface area (Å²) in [4.78, 5) is 0. The zero-order chi connectivity index (χ0) is 8.97. The maximum Gasteiger partial charge on any atom is 0.148 e. The van der Waals surface area contributed by atoms with Crippen molar-refractivity contribution in [1.29, 1.82) is 0 Å². The number of terminal acetylenes is 1. The Morgan fingerprint density at radius 2 is 2.33 bits per heavy atom. The van der Waals surface area contributed by atoms with Crippen LogP contribution in [0, 0.1) is 12.3 Å². The predicted molar refractivity (Wildman–Crippen MR) is 52.9 cm³/mol. The molecular formula is C9H8BrNO. The van der Waals surface area contributed by atoms with Crippen molar-refractivity contribution in [3.8, 4) is 18.1 Å². The van der Waals surface area contributed by atoms with Crippen molar-refractivity contribution >= 4 is 21.6 Å². The minimum atomic E-state index is 0.252. The number of benzene rings is 1. The molecule has 1 aromatic rings. The Labute approximate surface area is 79.8 Å². The Morgan fingerprint density at radius 1 is 1.58 bits per heavy atom. The van der Waals surface area contributed by atoms with Crippen LogP contribution in [0.25, 0.3) is 0 Å². The molecule has 12 heavy (non-hydrogen) atoms. The highest BCUT2D eigenvalue weighted by molar-refractivity contribution is 9.10. The summed E-state index contributed by atoms with van der Waals surface area (Å²) >= 11 is 3.29. The Bertz CT molecular complexity index is 317. The van der Waals surface area contributed by atoms with Gasteiger partial charge in [-0.3, -0.25) is 0 Å². The minimum absolute atomic E-state index is 0.252. The summed E-state index contributed by atoms with van der Waals surface area (Å²) in [5, 5.41) is 0. The maximum absolute atomic E-state index is 5.61. The molecule has 0 unspecified atom stereocenters. The molecule has 0 spiro atoms. The summed E-state index contributed by atoms with van der Waals surface area (Å²) < 4.78 is 5.95. The molecule has 0 saturated carbocycles. The summed E-state index contributed by atoms with van der Waals surface area (Å²) in [7, 11) is 0. The van der Waals surface area contributed by atoms with Gasteiger partial charge in [0.05, 0.1) is 4.47 Å². The monoisotopic (exact) mass is 225 g/mol. The molecule has 0 heterocycles. The van der Waals surface area contributed by atoms with Gasteiger partial charge in [-0.15, -0.1) is 6.42 Å². The molecule has 0 bridgehead atoms. The highest BCUT2D eigenvalue weighted by Crippen LogP contribution is 2.29. The van der Waals surface area contributed by atoms with E-state index in [-0.39, 0.29) is 6.61 Å². The number of nitrogen functional groups attached to an aromatic ring is 1. The van der Waals surface area contributed by atoms with E-state index in [1.807, 2.05) is 6.07 Å². The average molecular weight is 226 g/mol. The highest BCUT2D eigenvalue weighted by atomic mass is 79.9. The van der Waals surface area contributed by atoms with Gasteiger partial charge in [0.15, 0.2) is 0 Å². The molecule has 1 aromatic carbocycles. The third-order valence-electron chi connectivity index (χ3n) is 1.30. The van der Waals surface area contributed by atoms with Crippen molar-refractivity contribution in [3.63, 3.8) is 0 Å². The van der Waals surface area contributed by atoms with Crippen LogP contribution in [0.5, 0.6) is 5.75 Å². The Kier molecular flexibility index (Phi) is 3.01. The summed E-state index contributed by atoms with van der Waals surface area (Å²) in [5.41, 5.74) is 6.26. The lowest BCUT2D eigenvalue weighted by Crippen LogP contribution is -1.96. The van der Waals surface area contributed by atoms with Gasteiger partial charge in [-0.2, -0.15) is 0 Å². The average Bonchev–Trinajstić information content (AvgIpc) is 2.08. The lowest BCUT2D eigenvalue weighted by molar-refractivity contribution is 0.368. The second kappa shape index (κ2) is 4.03. The lowest BCUT2D eigenvalue weighted by Gasteiger charge is -2.05. The molecule has 0 aromatic heterocycles. The topological polar surface area (TPSA) is 35.2 Å². The van der Waals surface area contributed by atoms with E-state index in [1.54, 1.807) is 12.1 Å². The second-order valence-corrected chi connectivity index (χ2v) is 2.95. The number of hydrogen-bond acceptors (Lipinski definition) is 2. The fraction of sp³-hybridized carbons (Fsp3) is 0.111. The fourth-order valence-electron chi connectivity index (χ4n) is 0.759. The Balaban J connectivity index is 2.86. The van der Waals surface area contributed by atoms with Gasteiger partial charge in [-0.1, -0.05) is 12.0 Å². The fourth-order valence-corrected chi connectivity index (χ4v) is 1.14. The number of hydrogen-bond donors (Lipinski definition) is 1. The predicted octanol–water partition coefficient (Wildman–Crippen LogP) is 2.04. The van der Waals surface area contributed by atoms with Crippen LogP contribution in [0.15, 0.2) is 22.7 Å². The molecule has 0 saturated heterocycles. The van der Waals surface area contributed by atoms with Gasteiger partial charge >= 0.3 is 0 Å². The zero-order valence-electron chi connectivity index (χ0n) is 6.38. The van der Waals surface area contributed by atoms with Crippen LogP contribution < -0.4 is 10.5 Å². The molecule has 1 rings (SSSR count). The molecule has 0 aliphatic heterocycles. The molecule has 2 nitrogen and oxygen atoms in total. The third kappa shape index (κ3) is 1.93. The quantitative estimate of drug-likeness (QED) is 0.618. The molecule has 0 fully saturated rings. The first-order chi connectivity index (χ1) is 5.75. The molecule has 62 valence electrons. The molecule has 0 atom stereocenters. The number of rotatable bonds is 2. The molecule has 0 aliphatic carbocycles. The normalized spacial score (nSPS) is 9.00. The van der Waals surface area contributed by atoms with Crippen LogP contribution in [0.4, 0.5) is 5.69 Å². The Morgan fingerprint density at radius 3 is 3.00 bits per heavy atom. The first kappa shape index (κ1) is 8.95. The minimum Gasteiger partial charge on any atom is -0.480 e. The van der Waals surface area contributed by atoms with Crippen molar-refractivity contribution in [3.05, 3.63) is 22.7 Å². The van der Waals surface area contributed by atoms with Gasteiger partial charge in [-0.05, 0) is 28.1 Å². The molecular weight excluding hydrogens is 218 g/mol. The number of nitrogens with two attached hydrogens (primary N) is 1. The first-order valence-corrected chi connectivity index (χ1v) is 4.15. The van der Waals surface area contributed by atoms with Crippen LogP contribution in [-0.2, 0) is 0 Å². The van der Waals surface area contributed by atoms with Crippen molar-refractivity contribution in [1.82, 2.24) is 0 Å². The van der Waals surface area contributed by atoms with E-state index in [4.69, 9.17) is 16.9 Å². The number of ether oxygens (including phenoxy) is 1. The SMILES string of the molecule is C#CCOc1cccc(N)c1Br. The van der Waals surface area contributed by atoms with E-state index >= 15 is 0 Å². The molecule has 3 heteroatoms. The molecule has 0 amide bonds. The maximum atomic E-state index is 5.61. The van der Waals surface area contributed by atoms with Gasteiger partial charge in [0.1, 0.15) is 12.4 Å². The van der Waals surface area contributed by atoms with Gasteiger partial charge < -0.3 is 10.5 Å². The summed E-state index contributed by atoms with van der Waals surface area (Å²) in [6, 6.07) is 5.40. The van der Waals surface area contributed by atoms with E-state index in [0.717, 1.165) is 4.47 Å². The Hall–Kier alpha value is -1.14. The molecule has 0 radical (unpaired) electrons. The van der Waals surface area contributed by atoms with E-state index in [1.165, 1.54) is 0 Å². The van der Waals surface area contributed by atoms with Gasteiger partial charge in [0.25, 0.3) is 0 Å². The van der Waals surface area contributed by atoms with Crippen LogP contribution in [0.2, 0.25) is 0 Å². The van der Waals surface area contributed by atoms with Crippen molar-refractivity contribution in [2.75, 3.05) is 12.3 Å². The van der Waals surface area contributed by atoms with E-state index in [9.17, 15) is 0 Å². The summed E-state index contributed by atoms with van der Waals surface area (Å²) in [6.07, 6.45) is 5.04. The number of anilines is 1. The van der Waals surface area contributed by atoms with Crippen molar-refractivity contribution in [2.45, 2.75) is 0 Å². The van der Waals surface area contributed by atoms with E-state index in [0.29, 0.717) is 11.4 Å². The third-order valence-corrected chi connectivity index (χ3v) is 2.15. The molecule has 0 aliphatic rings. The van der Waals surface area contributed by atoms with Crippen molar-refractivity contribution in [2.24, 2.45) is 0 Å². The first-order valence-electron chi connectivity index (χ1n) is 3.36. The van der Waals surface area contributed by atoms with Crippen LogP contribution >= 0.6 is 15.9 Å².